The molecule has 1 N–H and O–H groups in total. The van der Waals surface area contributed by atoms with Crippen molar-refractivity contribution in [3.8, 4) is 5.75 Å². The molecule has 3 heterocycles. The van der Waals surface area contributed by atoms with Crippen LogP contribution < -0.4 is 10.1 Å². The molecule has 0 saturated carbocycles. The van der Waals surface area contributed by atoms with E-state index in [0.717, 1.165) is 22.7 Å². The topological polar surface area (TPSA) is 24.5 Å². The van der Waals surface area contributed by atoms with E-state index in [-0.39, 0.29) is 0 Å². The number of methoxy groups -OCH3 is 1. The van der Waals surface area contributed by atoms with E-state index in [1.165, 1.54) is 38.0 Å². The maximum atomic E-state index is 5.43. The van der Waals surface area contributed by atoms with Crippen molar-refractivity contribution in [2.24, 2.45) is 5.92 Å². The van der Waals surface area contributed by atoms with Gasteiger partial charge < -0.3 is 15.0 Å². The van der Waals surface area contributed by atoms with E-state index in [2.05, 4.69) is 32.2 Å². The Bertz CT molecular complexity index is 444. The zero-order valence-corrected chi connectivity index (χ0v) is 12.9. The second-order valence-corrected chi connectivity index (χ2v) is 6.50. The third kappa shape index (κ3) is 2.96. The molecular weight excluding hydrogens is 304 g/mol. The van der Waals surface area contributed by atoms with Gasteiger partial charge in [0.25, 0.3) is 0 Å². The molecule has 19 heavy (non-hydrogen) atoms. The molecule has 0 radical (unpaired) electrons. The number of nitrogens with one attached hydrogen (secondary N) is 1. The third-order valence-corrected chi connectivity index (χ3v) is 4.95. The van der Waals surface area contributed by atoms with Gasteiger partial charge >= 0.3 is 0 Å². The maximum Gasteiger partial charge on any atom is 0.123 e. The molecular formula is C15H21BrN2O. The van der Waals surface area contributed by atoms with Gasteiger partial charge in [-0.05, 0) is 50.0 Å². The number of benzene rings is 1. The summed E-state index contributed by atoms with van der Waals surface area (Å²) in [5, 5.41) is 3.73. The van der Waals surface area contributed by atoms with E-state index < -0.39 is 0 Å². The zero-order valence-electron chi connectivity index (χ0n) is 11.4. The highest BCUT2D eigenvalue weighted by atomic mass is 79.9. The van der Waals surface area contributed by atoms with Crippen LogP contribution in [0.3, 0.4) is 0 Å². The van der Waals surface area contributed by atoms with Gasteiger partial charge in [0.1, 0.15) is 5.75 Å². The highest BCUT2D eigenvalue weighted by Gasteiger charge is 2.33. The Balaban J connectivity index is 1.64. The lowest BCUT2D eigenvalue weighted by atomic mass is 9.84. The molecule has 3 nitrogen and oxygen atoms in total. The van der Waals surface area contributed by atoms with Gasteiger partial charge in [0.05, 0.1) is 7.11 Å². The summed E-state index contributed by atoms with van der Waals surface area (Å²) in [5.74, 6) is 1.83. The molecule has 0 unspecified atom stereocenters. The van der Waals surface area contributed by atoms with Crippen molar-refractivity contribution < 1.29 is 4.74 Å². The Kier molecular flexibility index (Phi) is 4.10. The Hall–Kier alpha value is -0.580. The fraction of sp³-hybridized carbons (Fsp3) is 0.600. The molecule has 0 aliphatic carbocycles. The third-order valence-electron chi connectivity index (χ3n) is 4.45. The maximum absolute atomic E-state index is 5.43. The van der Waals surface area contributed by atoms with Gasteiger partial charge in [-0.2, -0.15) is 0 Å². The lowest BCUT2D eigenvalue weighted by Crippen LogP contribution is -2.55. The normalized spacial score (nSPS) is 29.5. The van der Waals surface area contributed by atoms with Crippen LogP contribution in [0.2, 0.25) is 0 Å². The Morgan fingerprint density at radius 2 is 2.16 bits per heavy atom. The number of nitrogens with zero attached hydrogens (tertiary/aromatic N) is 1. The fourth-order valence-electron chi connectivity index (χ4n) is 3.32. The lowest BCUT2D eigenvalue weighted by Gasteiger charge is -2.45. The number of ether oxygens (including phenoxy) is 1. The minimum absolute atomic E-state index is 0.645. The number of piperidine rings is 3. The summed E-state index contributed by atoms with van der Waals surface area (Å²) in [5.41, 5.74) is 1.23. The second-order valence-electron chi connectivity index (χ2n) is 5.58. The molecule has 4 rings (SSSR count). The van der Waals surface area contributed by atoms with E-state index >= 15 is 0 Å². The molecule has 0 amide bonds. The summed E-state index contributed by atoms with van der Waals surface area (Å²) in [4.78, 5) is 2.58. The second kappa shape index (κ2) is 5.81. The molecule has 3 aliphatic heterocycles. The van der Waals surface area contributed by atoms with Crippen molar-refractivity contribution in [2.45, 2.75) is 25.4 Å². The molecule has 0 spiro atoms. The number of hydrogen-bond acceptors (Lipinski definition) is 3. The predicted molar refractivity (Wildman–Crippen MR) is 80.5 cm³/mol. The van der Waals surface area contributed by atoms with Gasteiger partial charge in [-0.1, -0.05) is 15.9 Å². The Morgan fingerprint density at radius 1 is 1.37 bits per heavy atom. The first-order chi connectivity index (χ1) is 9.26. The van der Waals surface area contributed by atoms with Crippen LogP contribution in [0.1, 0.15) is 18.4 Å². The lowest BCUT2D eigenvalue weighted by molar-refractivity contribution is 0.0719. The minimum atomic E-state index is 0.645. The molecule has 0 aromatic heterocycles. The molecule has 1 aromatic rings. The van der Waals surface area contributed by atoms with Gasteiger partial charge in [-0.15, -0.1) is 0 Å². The van der Waals surface area contributed by atoms with Crippen LogP contribution in [0.25, 0.3) is 0 Å². The summed E-state index contributed by atoms with van der Waals surface area (Å²) < 4.78 is 6.54. The van der Waals surface area contributed by atoms with Gasteiger partial charge in [-0.25, -0.2) is 0 Å². The first-order valence-corrected chi connectivity index (χ1v) is 7.83. The van der Waals surface area contributed by atoms with Crippen molar-refractivity contribution in [1.29, 1.82) is 0 Å². The van der Waals surface area contributed by atoms with Crippen molar-refractivity contribution in [3.05, 3.63) is 28.2 Å². The van der Waals surface area contributed by atoms with E-state index in [1.807, 2.05) is 12.1 Å². The number of hydrogen-bond donors (Lipinski definition) is 1. The quantitative estimate of drug-likeness (QED) is 0.921. The highest BCUT2D eigenvalue weighted by Crippen LogP contribution is 2.28. The molecule has 104 valence electrons. The molecule has 2 bridgehead atoms. The predicted octanol–water partition coefficient (Wildman–Crippen LogP) is 2.64. The van der Waals surface area contributed by atoms with Crippen LogP contribution in [0, 0.1) is 5.92 Å². The monoisotopic (exact) mass is 324 g/mol. The number of halogens is 1. The molecule has 1 atom stereocenters. The standard InChI is InChI=1S/C15H21BrN2O/c1-19-15-3-2-13(16)8-12(15)9-17-14-10-18-6-4-11(14)5-7-18/h2-3,8,11,14,17H,4-7,9-10H2,1H3/t14-/m1/s1. The Morgan fingerprint density at radius 3 is 2.79 bits per heavy atom. The van der Waals surface area contributed by atoms with E-state index in [9.17, 15) is 0 Å². The molecule has 1 aromatic carbocycles. The van der Waals surface area contributed by atoms with Crippen LogP contribution in [0.15, 0.2) is 22.7 Å². The largest absolute Gasteiger partial charge is 0.496 e. The van der Waals surface area contributed by atoms with Gasteiger partial charge in [0, 0.05) is 29.2 Å². The van der Waals surface area contributed by atoms with Crippen LogP contribution in [0.5, 0.6) is 5.75 Å². The van der Waals surface area contributed by atoms with Crippen molar-refractivity contribution in [3.63, 3.8) is 0 Å². The average Bonchev–Trinajstić information content (AvgIpc) is 2.46. The zero-order chi connectivity index (χ0) is 13.2. The van der Waals surface area contributed by atoms with Crippen molar-refractivity contribution in [1.82, 2.24) is 10.2 Å². The van der Waals surface area contributed by atoms with Gasteiger partial charge in [-0.3, -0.25) is 0 Å². The van der Waals surface area contributed by atoms with E-state index in [0.29, 0.717) is 6.04 Å². The molecule has 3 saturated heterocycles. The fourth-order valence-corrected chi connectivity index (χ4v) is 3.73. The van der Waals surface area contributed by atoms with Crippen LogP contribution in [0.4, 0.5) is 0 Å². The smallest absolute Gasteiger partial charge is 0.123 e. The minimum Gasteiger partial charge on any atom is -0.496 e. The van der Waals surface area contributed by atoms with E-state index in [1.54, 1.807) is 7.11 Å². The van der Waals surface area contributed by atoms with Gasteiger partial charge in [0.15, 0.2) is 0 Å². The SMILES string of the molecule is COc1ccc(Br)cc1CN[C@@H]1CN2CCC1CC2. The van der Waals surface area contributed by atoms with Crippen LogP contribution in [-0.2, 0) is 6.54 Å². The van der Waals surface area contributed by atoms with Crippen molar-refractivity contribution in [2.75, 3.05) is 26.7 Å². The summed E-state index contributed by atoms with van der Waals surface area (Å²) in [6, 6.07) is 6.84. The highest BCUT2D eigenvalue weighted by molar-refractivity contribution is 9.10. The van der Waals surface area contributed by atoms with Gasteiger partial charge in [0.2, 0.25) is 0 Å². The first kappa shape index (κ1) is 13.4. The van der Waals surface area contributed by atoms with Crippen LogP contribution >= 0.6 is 15.9 Å². The summed E-state index contributed by atoms with van der Waals surface area (Å²) in [6.45, 7) is 4.69. The summed E-state index contributed by atoms with van der Waals surface area (Å²) >= 11 is 3.53. The average molecular weight is 325 g/mol. The Labute approximate surface area is 123 Å². The number of fused-ring (bicyclic) bond motifs is 3. The molecule has 3 fully saturated rings. The van der Waals surface area contributed by atoms with Crippen molar-refractivity contribution >= 4 is 15.9 Å². The van der Waals surface area contributed by atoms with Crippen LogP contribution in [-0.4, -0.2) is 37.7 Å². The summed E-state index contributed by atoms with van der Waals surface area (Å²) in [6.07, 6.45) is 2.71. The first-order valence-electron chi connectivity index (χ1n) is 7.04. The number of rotatable bonds is 4. The molecule has 3 aliphatic rings. The summed E-state index contributed by atoms with van der Waals surface area (Å²) in [7, 11) is 1.74. The molecule has 4 heteroatoms. The van der Waals surface area contributed by atoms with E-state index in [4.69, 9.17) is 4.74 Å².